The molecule has 2 aromatic rings. The smallest absolute Gasteiger partial charge is 0.261 e. The first-order valence-electron chi connectivity index (χ1n) is 4.81. The van der Waals surface area contributed by atoms with Gasteiger partial charge in [0.1, 0.15) is 5.82 Å². The molecule has 92 valence electrons. The summed E-state index contributed by atoms with van der Waals surface area (Å²) in [4.78, 5) is 19.5. The number of anilines is 1. The zero-order chi connectivity index (χ0) is 13.1. The summed E-state index contributed by atoms with van der Waals surface area (Å²) >= 11 is 8.85. The number of hydrogen-bond acceptors (Lipinski definition) is 3. The number of hydrogen-bond donors (Lipinski definition) is 1. The summed E-state index contributed by atoms with van der Waals surface area (Å²) in [7, 11) is 0. The van der Waals surface area contributed by atoms with Crippen LogP contribution < -0.4 is 5.32 Å². The van der Waals surface area contributed by atoms with Crippen molar-refractivity contribution in [1.29, 1.82) is 0 Å². The van der Waals surface area contributed by atoms with Crippen LogP contribution in [-0.2, 0) is 0 Å². The van der Waals surface area contributed by atoms with Crippen LogP contribution in [-0.4, -0.2) is 15.9 Å². The Hall–Kier alpha value is -1.53. The fourth-order valence-electron chi connectivity index (χ4n) is 1.29. The number of carbonyl (C=O) groups excluding carboxylic acids is 1. The Balaban J connectivity index is 2.31. The zero-order valence-corrected chi connectivity index (χ0v) is 11.2. The highest BCUT2D eigenvalue weighted by molar-refractivity contribution is 9.10. The number of nitrogens with zero attached hydrogens (tertiary/aromatic N) is 2. The lowest BCUT2D eigenvalue weighted by Crippen LogP contribution is -2.16. The number of rotatable bonds is 2. The molecule has 1 amide bonds. The topological polar surface area (TPSA) is 54.9 Å². The van der Waals surface area contributed by atoms with Crippen molar-refractivity contribution < 1.29 is 9.18 Å². The van der Waals surface area contributed by atoms with Crippen LogP contribution >= 0.6 is 27.5 Å². The standard InChI is InChI=1S/C11H6BrClFN3O/c12-6-2-1-3-7(14)8(6)11(18)17-10-9(13)15-4-5-16-10/h1-5H,(H,16,17,18). The number of nitrogens with one attached hydrogen (secondary N) is 1. The molecule has 0 spiro atoms. The third-order valence-electron chi connectivity index (χ3n) is 2.08. The molecule has 0 saturated heterocycles. The molecule has 0 bridgehead atoms. The van der Waals surface area contributed by atoms with Gasteiger partial charge in [0.15, 0.2) is 11.0 Å². The molecule has 2 rings (SSSR count). The average molecular weight is 331 g/mol. The van der Waals surface area contributed by atoms with Crippen LogP contribution in [0.4, 0.5) is 10.2 Å². The second-order valence-corrected chi connectivity index (χ2v) is 4.46. The minimum Gasteiger partial charge on any atom is -0.304 e. The van der Waals surface area contributed by atoms with Gasteiger partial charge < -0.3 is 5.32 Å². The minimum absolute atomic E-state index is 0.0401. The predicted octanol–water partition coefficient (Wildman–Crippen LogP) is 3.28. The van der Waals surface area contributed by atoms with Gasteiger partial charge >= 0.3 is 0 Å². The first kappa shape index (κ1) is 12.9. The first-order chi connectivity index (χ1) is 8.59. The average Bonchev–Trinajstić information content (AvgIpc) is 2.32. The molecule has 0 unspecified atom stereocenters. The van der Waals surface area contributed by atoms with E-state index in [9.17, 15) is 9.18 Å². The van der Waals surface area contributed by atoms with Gasteiger partial charge in [-0.05, 0) is 28.1 Å². The third-order valence-corrected chi connectivity index (χ3v) is 3.01. The quantitative estimate of drug-likeness (QED) is 0.919. The van der Waals surface area contributed by atoms with E-state index in [4.69, 9.17) is 11.6 Å². The molecule has 0 aliphatic rings. The summed E-state index contributed by atoms with van der Waals surface area (Å²) in [6.45, 7) is 0. The van der Waals surface area contributed by atoms with Gasteiger partial charge in [0.2, 0.25) is 0 Å². The van der Waals surface area contributed by atoms with Crippen LogP contribution in [0.1, 0.15) is 10.4 Å². The van der Waals surface area contributed by atoms with Crippen LogP contribution in [0.25, 0.3) is 0 Å². The molecule has 4 nitrogen and oxygen atoms in total. The van der Waals surface area contributed by atoms with E-state index in [-0.39, 0.29) is 16.5 Å². The zero-order valence-electron chi connectivity index (χ0n) is 8.82. The molecule has 0 saturated carbocycles. The van der Waals surface area contributed by atoms with Gasteiger partial charge in [-0.25, -0.2) is 14.4 Å². The Kier molecular flexibility index (Phi) is 3.88. The molecular formula is C11H6BrClFN3O. The summed E-state index contributed by atoms with van der Waals surface area (Å²) in [6.07, 6.45) is 2.76. The Morgan fingerprint density at radius 1 is 1.33 bits per heavy atom. The lowest BCUT2D eigenvalue weighted by atomic mass is 10.2. The van der Waals surface area contributed by atoms with Crippen LogP contribution in [0.15, 0.2) is 35.1 Å². The van der Waals surface area contributed by atoms with E-state index in [1.807, 2.05) is 0 Å². The molecule has 0 atom stereocenters. The third kappa shape index (κ3) is 2.65. The molecule has 0 fully saturated rings. The normalized spacial score (nSPS) is 10.2. The molecule has 1 aromatic carbocycles. The van der Waals surface area contributed by atoms with Gasteiger partial charge in [0, 0.05) is 16.9 Å². The van der Waals surface area contributed by atoms with E-state index < -0.39 is 11.7 Å². The molecule has 0 aliphatic heterocycles. The maximum Gasteiger partial charge on any atom is 0.261 e. The number of benzene rings is 1. The highest BCUT2D eigenvalue weighted by Crippen LogP contribution is 2.22. The highest BCUT2D eigenvalue weighted by atomic mass is 79.9. The Bertz CT molecular complexity index is 588. The largest absolute Gasteiger partial charge is 0.304 e. The lowest BCUT2D eigenvalue weighted by molar-refractivity contribution is 0.102. The molecule has 0 aliphatic carbocycles. The van der Waals surface area contributed by atoms with Gasteiger partial charge in [-0.15, -0.1) is 0 Å². The van der Waals surface area contributed by atoms with Gasteiger partial charge in [-0.3, -0.25) is 4.79 Å². The number of halogens is 3. The van der Waals surface area contributed by atoms with Gasteiger partial charge in [-0.2, -0.15) is 0 Å². The molecule has 1 aromatic heterocycles. The lowest BCUT2D eigenvalue weighted by Gasteiger charge is -2.07. The summed E-state index contributed by atoms with van der Waals surface area (Å²) < 4.78 is 13.9. The van der Waals surface area contributed by atoms with E-state index in [0.29, 0.717) is 4.47 Å². The Morgan fingerprint density at radius 2 is 2.06 bits per heavy atom. The van der Waals surface area contributed by atoms with Crippen LogP contribution in [0.3, 0.4) is 0 Å². The van der Waals surface area contributed by atoms with E-state index in [1.54, 1.807) is 6.07 Å². The molecule has 7 heteroatoms. The maximum atomic E-state index is 13.5. The molecular weight excluding hydrogens is 324 g/mol. The van der Waals surface area contributed by atoms with E-state index >= 15 is 0 Å². The minimum atomic E-state index is -0.651. The van der Waals surface area contributed by atoms with E-state index in [0.717, 1.165) is 0 Å². The summed E-state index contributed by atoms with van der Waals surface area (Å²) in [6, 6.07) is 4.25. The van der Waals surface area contributed by atoms with E-state index in [2.05, 4.69) is 31.2 Å². The predicted molar refractivity (Wildman–Crippen MR) is 69.1 cm³/mol. The van der Waals surface area contributed by atoms with Crippen molar-refractivity contribution in [3.8, 4) is 0 Å². The van der Waals surface area contributed by atoms with Crippen molar-refractivity contribution in [3.05, 3.63) is 51.6 Å². The van der Waals surface area contributed by atoms with Crippen molar-refractivity contribution in [2.45, 2.75) is 0 Å². The van der Waals surface area contributed by atoms with Gasteiger partial charge in [0.25, 0.3) is 5.91 Å². The molecule has 1 heterocycles. The monoisotopic (exact) mass is 329 g/mol. The molecule has 1 N–H and O–H groups in total. The number of amides is 1. The molecule has 0 radical (unpaired) electrons. The Morgan fingerprint density at radius 3 is 2.72 bits per heavy atom. The van der Waals surface area contributed by atoms with Crippen molar-refractivity contribution in [3.63, 3.8) is 0 Å². The summed E-state index contributed by atoms with van der Waals surface area (Å²) in [5.41, 5.74) is -0.112. The fourth-order valence-corrected chi connectivity index (χ4v) is 1.96. The van der Waals surface area contributed by atoms with Crippen molar-refractivity contribution >= 4 is 39.3 Å². The molecule has 18 heavy (non-hydrogen) atoms. The maximum absolute atomic E-state index is 13.5. The van der Waals surface area contributed by atoms with Crippen molar-refractivity contribution in [2.24, 2.45) is 0 Å². The van der Waals surface area contributed by atoms with Crippen LogP contribution in [0, 0.1) is 5.82 Å². The first-order valence-corrected chi connectivity index (χ1v) is 5.98. The number of carbonyl (C=O) groups is 1. The van der Waals surface area contributed by atoms with Gasteiger partial charge in [0.05, 0.1) is 5.56 Å². The van der Waals surface area contributed by atoms with E-state index in [1.165, 1.54) is 24.5 Å². The van der Waals surface area contributed by atoms with Crippen molar-refractivity contribution in [1.82, 2.24) is 9.97 Å². The summed E-state index contributed by atoms with van der Waals surface area (Å²) in [5.74, 6) is -1.21. The van der Waals surface area contributed by atoms with Crippen LogP contribution in [0.2, 0.25) is 5.15 Å². The SMILES string of the molecule is O=C(Nc1nccnc1Cl)c1c(F)cccc1Br. The highest BCUT2D eigenvalue weighted by Gasteiger charge is 2.17. The number of aromatic nitrogens is 2. The Labute approximate surface area is 115 Å². The van der Waals surface area contributed by atoms with Gasteiger partial charge in [-0.1, -0.05) is 17.7 Å². The van der Waals surface area contributed by atoms with Crippen LogP contribution in [0.5, 0.6) is 0 Å². The second kappa shape index (κ2) is 5.41. The fraction of sp³-hybridized carbons (Fsp3) is 0. The van der Waals surface area contributed by atoms with Crippen molar-refractivity contribution in [2.75, 3.05) is 5.32 Å². The second-order valence-electron chi connectivity index (χ2n) is 3.25. The summed E-state index contributed by atoms with van der Waals surface area (Å²) in [5, 5.41) is 2.43.